The van der Waals surface area contributed by atoms with Gasteiger partial charge < -0.3 is 5.32 Å². The Morgan fingerprint density at radius 2 is 2.21 bits per heavy atom. The van der Waals surface area contributed by atoms with E-state index in [-0.39, 0.29) is 0 Å². The zero-order valence-corrected chi connectivity index (χ0v) is 10.1. The van der Waals surface area contributed by atoms with Crippen molar-refractivity contribution in [2.75, 3.05) is 6.54 Å². The molecular formula is C12H21NS. The SMILES string of the molecule is CCCNC(CCC)Cc1cccs1. The molecule has 2 heteroatoms. The summed E-state index contributed by atoms with van der Waals surface area (Å²) in [6, 6.07) is 5.06. The second-order valence-electron chi connectivity index (χ2n) is 3.72. The van der Waals surface area contributed by atoms with Gasteiger partial charge in [-0.3, -0.25) is 0 Å². The first kappa shape index (κ1) is 11.7. The summed E-state index contributed by atoms with van der Waals surface area (Å²) < 4.78 is 0. The van der Waals surface area contributed by atoms with Crippen LogP contribution in [-0.2, 0) is 6.42 Å². The minimum absolute atomic E-state index is 0.679. The minimum atomic E-state index is 0.679. The molecule has 14 heavy (non-hydrogen) atoms. The summed E-state index contributed by atoms with van der Waals surface area (Å²) in [5.41, 5.74) is 0. The lowest BCUT2D eigenvalue weighted by Gasteiger charge is -2.16. The maximum atomic E-state index is 3.62. The fourth-order valence-electron chi connectivity index (χ4n) is 1.64. The van der Waals surface area contributed by atoms with Gasteiger partial charge in [0.1, 0.15) is 0 Å². The van der Waals surface area contributed by atoms with Crippen LogP contribution in [0.4, 0.5) is 0 Å². The van der Waals surface area contributed by atoms with E-state index in [0.717, 1.165) is 6.54 Å². The van der Waals surface area contributed by atoms with E-state index in [1.807, 2.05) is 11.3 Å². The predicted molar refractivity (Wildman–Crippen MR) is 65.0 cm³/mol. The molecule has 0 aromatic carbocycles. The molecule has 0 aliphatic carbocycles. The Balaban J connectivity index is 2.34. The predicted octanol–water partition coefficient (Wildman–Crippen LogP) is 3.46. The first-order chi connectivity index (χ1) is 6.86. The fourth-order valence-corrected chi connectivity index (χ4v) is 2.43. The summed E-state index contributed by atoms with van der Waals surface area (Å²) in [6.45, 7) is 5.63. The van der Waals surface area contributed by atoms with Crippen molar-refractivity contribution in [1.29, 1.82) is 0 Å². The molecule has 1 nitrogen and oxygen atoms in total. The van der Waals surface area contributed by atoms with E-state index in [9.17, 15) is 0 Å². The van der Waals surface area contributed by atoms with Crippen LogP contribution >= 0.6 is 11.3 Å². The largest absolute Gasteiger partial charge is 0.314 e. The molecule has 1 rings (SSSR count). The Bertz CT molecular complexity index is 218. The lowest BCUT2D eigenvalue weighted by molar-refractivity contribution is 0.475. The number of nitrogens with one attached hydrogen (secondary N) is 1. The van der Waals surface area contributed by atoms with Gasteiger partial charge in [-0.1, -0.05) is 26.3 Å². The average Bonchev–Trinajstić information content (AvgIpc) is 2.67. The Kier molecular flexibility index (Phi) is 5.88. The Morgan fingerprint density at radius 1 is 1.36 bits per heavy atom. The van der Waals surface area contributed by atoms with Crippen LogP contribution in [0, 0.1) is 0 Å². The lowest BCUT2D eigenvalue weighted by Crippen LogP contribution is -2.31. The van der Waals surface area contributed by atoms with Crippen LogP contribution in [-0.4, -0.2) is 12.6 Å². The molecular weight excluding hydrogens is 190 g/mol. The normalized spacial score (nSPS) is 13.0. The Hall–Kier alpha value is -0.340. The van der Waals surface area contributed by atoms with Crippen LogP contribution in [0.15, 0.2) is 17.5 Å². The molecule has 0 amide bonds. The minimum Gasteiger partial charge on any atom is -0.314 e. The van der Waals surface area contributed by atoms with E-state index in [0.29, 0.717) is 6.04 Å². The molecule has 1 heterocycles. The fraction of sp³-hybridized carbons (Fsp3) is 0.667. The third-order valence-electron chi connectivity index (χ3n) is 2.35. The van der Waals surface area contributed by atoms with E-state index in [2.05, 4.69) is 36.7 Å². The zero-order chi connectivity index (χ0) is 10.2. The molecule has 1 N–H and O–H groups in total. The molecule has 0 spiro atoms. The van der Waals surface area contributed by atoms with Gasteiger partial charge in [-0.15, -0.1) is 11.3 Å². The van der Waals surface area contributed by atoms with Gasteiger partial charge in [0.25, 0.3) is 0 Å². The molecule has 0 aliphatic heterocycles. The standard InChI is InChI=1S/C12H21NS/c1-3-6-11(13-8-4-2)10-12-7-5-9-14-12/h5,7,9,11,13H,3-4,6,8,10H2,1-2H3. The molecule has 0 aliphatic rings. The van der Waals surface area contributed by atoms with Crippen molar-refractivity contribution in [3.05, 3.63) is 22.4 Å². The number of rotatable bonds is 7. The lowest BCUT2D eigenvalue weighted by atomic mass is 10.1. The van der Waals surface area contributed by atoms with Crippen LogP contribution in [0.3, 0.4) is 0 Å². The van der Waals surface area contributed by atoms with E-state index >= 15 is 0 Å². The highest BCUT2D eigenvalue weighted by atomic mass is 32.1. The van der Waals surface area contributed by atoms with Gasteiger partial charge in [0.2, 0.25) is 0 Å². The van der Waals surface area contributed by atoms with Gasteiger partial charge in [-0.2, -0.15) is 0 Å². The topological polar surface area (TPSA) is 12.0 Å². The molecule has 0 saturated carbocycles. The molecule has 0 fully saturated rings. The maximum Gasteiger partial charge on any atom is 0.0115 e. The van der Waals surface area contributed by atoms with Crippen molar-refractivity contribution in [1.82, 2.24) is 5.32 Å². The van der Waals surface area contributed by atoms with Crippen molar-refractivity contribution in [2.24, 2.45) is 0 Å². The van der Waals surface area contributed by atoms with Gasteiger partial charge >= 0.3 is 0 Å². The Labute approximate surface area is 91.5 Å². The van der Waals surface area contributed by atoms with Crippen molar-refractivity contribution < 1.29 is 0 Å². The smallest absolute Gasteiger partial charge is 0.0115 e. The second-order valence-corrected chi connectivity index (χ2v) is 4.76. The highest BCUT2D eigenvalue weighted by Gasteiger charge is 2.07. The van der Waals surface area contributed by atoms with Gasteiger partial charge in [-0.25, -0.2) is 0 Å². The summed E-state index contributed by atoms with van der Waals surface area (Å²) >= 11 is 1.87. The van der Waals surface area contributed by atoms with E-state index in [1.54, 1.807) is 0 Å². The van der Waals surface area contributed by atoms with Gasteiger partial charge in [0, 0.05) is 10.9 Å². The highest BCUT2D eigenvalue weighted by Crippen LogP contribution is 2.13. The molecule has 1 atom stereocenters. The molecule has 1 unspecified atom stereocenters. The van der Waals surface area contributed by atoms with Crippen LogP contribution < -0.4 is 5.32 Å². The van der Waals surface area contributed by atoms with Crippen LogP contribution in [0.5, 0.6) is 0 Å². The quantitative estimate of drug-likeness (QED) is 0.728. The molecule has 1 aromatic rings. The number of hydrogen-bond donors (Lipinski definition) is 1. The molecule has 80 valence electrons. The van der Waals surface area contributed by atoms with Crippen LogP contribution in [0.1, 0.15) is 38.0 Å². The van der Waals surface area contributed by atoms with Crippen LogP contribution in [0.25, 0.3) is 0 Å². The number of hydrogen-bond acceptors (Lipinski definition) is 2. The van der Waals surface area contributed by atoms with Gasteiger partial charge in [0.05, 0.1) is 0 Å². The molecule has 0 saturated heterocycles. The third-order valence-corrected chi connectivity index (χ3v) is 3.25. The van der Waals surface area contributed by atoms with Crippen molar-refractivity contribution in [2.45, 2.75) is 45.6 Å². The molecule has 0 radical (unpaired) electrons. The maximum absolute atomic E-state index is 3.62. The van der Waals surface area contributed by atoms with Crippen molar-refractivity contribution in [3.8, 4) is 0 Å². The highest BCUT2D eigenvalue weighted by molar-refractivity contribution is 7.09. The summed E-state index contributed by atoms with van der Waals surface area (Å²) in [4.78, 5) is 1.51. The van der Waals surface area contributed by atoms with Gasteiger partial charge in [0.15, 0.2) is 0 Å². The summed E-state index contributed by atoms with van der Waals surface area (Å²) in [5, 5.41) is 5.78. The van der Waals surface area contributed by atoms with Crippen molar-refractivity contribution in [3.63, 3.8) is 0 Å². The van der Waals surface area contributed by atoms with E-state index in [4.69, 9.17) is 0 Å². The monoisotopic (exact) mass is 211 g/mol. The van der Waals surface area contributed by atoms with E-state index in [1.165, 1.54) is 30.6 Å². The van der Waals surface area contributed by atoms with E-state index < -0.39 is 0 Å². The molecule has 1 aromatic heterocycles. The first-order valence-electron chi connectivity index (χ1n) is 5.62. The van der Waals surface area contributed by atoms with Crippen molar-refractivity contribution >= 4 is 11.3 Å². The summed E-state index contributed by atoms with van der Waals surface area (Å²) in [7, 11) is 0. The second kappa shape index (κ2) is 7.02. The summed E-state index contributed by atoms with van der Waals surface area (Å²) in [5.74, 6) is 0. The number of thiophene rings is 1. The third kappa shape index (κ3) is 4.25. The first-order valence-corrected chi connectivity index (χ1v) is 6.50. The van der Waals surface area contributed by atoms with Crippen LogP contribution in [0.2, 0.25) is 0 Å². The zero-order valence-electron chi connectivity index (χ0n) is 9.25. The molecule has 0 bridgehead atoms. The summed E-state index contributed by atoms with van der Waals surface area (Å²) in [6.07, 6.45) is 4.99. The Morgan fingerprint density at radius 3 is 2.79 bits per heavy atom. The average molecular weight is 211 g/mol. The van der Waals surface area contributed by atoms with Gasteiger partial charge in [-0.05, 0) is 37.3 Å².